The Balaban J connectivity index is 1.95. The Bertz CT molecular complexity index is 229. The molecule has 3 aliphatic carbocycles. The summed E-state index contributed by atoms with van der Waals surface area (Å²) >= 11 is 0. The molecule has 3 unspecified atom stereocenters. The fraction of sp³-hybridized carbons (Fsp3) is 0.750. The van der Waals surface area contributed by atoms with Crippen LogP contribution in [0.1, 0.15) is 39.0 Å². The van der Waals surface area contributed by atoms with Crippen LogP contribution in [-0.2, 0) is 4.79 Å². The van der Waals surface area contributed by atoms with Crippen LogP contribution < -0.4 is 0 Å². The van der Waals surface area contributed by atoms with E-state index < -0.39 is 0 Å². The third-order valence-electron chi connectivity index (χ3n) is 3.60. The first-order chi connectivity index (χ1) is 6.29. The summed E-state index contributed by atoms with van der Waals surface area (Å²) in [5, 5.41) is 0. The van der Waals surface area contributed by atoms with Crippen molar-refractivity contribution in [3.63, 3.8) is 0 Å². The molecule has 0 spiro atoms. The lowest BCUT2D eigenvalue weighted by molar-refractivity contribution is -0.120. The molecule has 3 atom stereocenters. The molecule has 1 fully saturated rings. The molecular weight excluding hydrogens is 160 g/mol. The second-order valence-corrected chi connectivity index (χ2v) is 4.48. The highest BCUT2D eigenvalue weighted by molar-refractivity contribution is 5.78. The van der Waals surface area contributed by atoms with Gasteiger partial charge in [-0.05, 0) is 37.0 Å². The first-order valence-electron chi connectivity index (χ1n) is 5.49. The van der Waals surface area contributed by atoms with Gasteiger partial charge in [-0.3, -0.25) is 4.79 Å². The Morgan fingerprint density at radius 2 is 2.23 bits per heavy atom. The molecule has 0 heterocycles. The average Bonchev–Trinajstić information content (AvgIpc) is 2.19. The third kappa shape index (κ3) is 1.84. The molecule has 0 N–H and O–H groups in total. The zero-order valence-corrected chi connectivity index (χ0v) is 8.33. The molecular formula is C12H18O. The van der Waals surface area contributed by atoms with Gasteiger partial charge >= 0.3 is 0 Å². The smallest absolute Gasteiger partial charge is 0.132 e. The molecule has 1 heteroatoms. The molecule has 0 radical (unpaired) electrons. The summed E-state index contributed by atoms with van der Waals surface area (Å²) in [4.78, 5) is 11.3. The van der Waals surface area contributed by atoms with Gasteiger partial charge in [-0.1, -0.05) is 19.1 Å². The molecule has 3 aliphatic rings. The standard InChI is InChI=1S/C12H18O/c1-2-12(13)8-11-7-9-3-5-10(11)6-4-9/h3,5,9-11H,2,4,6-8H2,1H3. The summed E-state index contributed by atoms with van der Waals surface area (Å²) in [5.74, 6) is 2.64. The van der Waals surface area contributed by atoms with E-state index in [4.69, 9.17) is 0 Å². The molecule has 1 saturated carbocycles. The van der Waals surface area contributed by atoms with E-state index in [1.165, 1.54) is 19.3 Å². The summed E-state index contributed by atoms with van der Waals surface area (Å²) in [6.07, 6.45) is 10.2. The monoisotopic (exact) mass is 178 g/mol. The van der Waals surface area contributed by atoms with Gasteiger partial charge in [0.2, 0.25) is 0 Å². The van der Waals surface area contributed by atoms with Crippen LogP contribution in [0, 0.1) is 17.8 Å². The lowest BCUT2D eigenvalue weighted by atomic mass is 9.67. The maximum atomic E-state index is 11.3. The molecule has 0 aliphatic heterocycles. The van der Waals surface area contributed by atoms with Crippen LogP contribution in [0.4, 0.5) is 0 Å². The number of hydrogen-bond donors (Lipinski definition) is 0. The Hall–Kier alpha value is -0.590. The molecule has 13 heavy (non-hydrogen) atoms. The van der Waals surface area contributed by atoms with E-state index in [1.54, 1.807) is 0 Å². The van der Waals surface area contributed by atoms with Crippen molar-refractivity contribution in [2.24, 2.45) is 17.8 Å². The first-order valence-corrected chi connectivity index (χ1v) is 5.49. The van der Waals surface area contributed by atoms with Crippen LogP contribution in [-0.4, -0.2) is 5.78 Å². The van der Waals surface area contributed by atoms with Crippen LogP contribution in [0.3, 0.4) is 0 Å². The molecule has 2 bridgehead atoms. The van der Waals surface area contributed by atoms with Crippen molar-refractivity contribution in [1.82, 2.24) is 0 Å². The lowest BCUT2D eigenvalue weighted by Gasteiger charge is -2.37. The van der Waals surface area contributed by atoms with E-state index in [0.717, 1.165) is 24.7 Å². The quantitative estimate of drug-likeness (QED) is 0.607. The molecule has 72 valence electrons. The summed E-state index contributed by atoms with van der Waals surface area (Å²) in [5.41, 5.74) is 0. The van der Waals surface area contributed by atoms with Crippen molar-refractivity contribution >= 4 is 5.78 Å². The van der Waals surface area contributed by atoms with Gasteiger partial charge in [-0.2, -0.15) is 0 Å². The van der Waals surface area contributed by atoms with Crippen LogP contribution in [0.25, 0.3) is 0 Å². The highest BCUT2D eigenvalue weighted by Gasteiger charge is 2.32. The predicted octanol–water partition coefficient (Wildman–Crippen LogP) is 2.96. The van der Waals surface area contributed by atoms with E-state index >= 15 is 0 Å². The Kier molecular flexibility index (Phi) is 2.52. The summed E-state index contributed by atoms with van der Waals surface area (Å²) in [6.45, 7) is 1.97. The summed E-state index contributed by atoms with van der Waals surface area (Å²) < 4.78 is 0. The Morgan fingerprint density at radius 1 is 1.38 bits per heavy atom. The molecule has 0 saturated heterocycles. The fourth-order valence-corrected chi connectivity index (χ4v) is 2.72. The van der Waals surface area contributed by atoms with Crippen LogP contribution in [0.5, 0.6) is 0 Å². The van der Waals surface area contributed by atoms with Crippen molar-refractivity contribution in [2.75, 3.05) is 0 Å². The second-order valence-electron chi connectivity index (χ2n) is 4.48. The number of carbonyl (C=O) groups excluding carboxylic acids is 1. The van der Waals surface area contributed by atoms with Crippen molar-refractivity contribution < 1.29 is 4.79 Å². The zero-order valence-electron chi connectivity index (χ0n) is 8.33. The molecule has 3 rings (SSSR count). The average molecular weight is 178 g/mol. The molecule has 0 aromatic heterocycles. The van der Waals surface area contributed by atoms with Crippen LogP contribution >= 0.6 is 0 Å². The minimum absolute atomic E-state index is 0.450. The van der Waals surface area contributed by atoms with E-state index in [2.05, 4.69) is 12.2 Å². The number of fused-ring (bicyclic) bond motifs is 2. The van der Waals surface area contributed by atoms with Gasteiger partial charge in [0.15, 0.2) is 0 Å². The zero-order chi connectivity index (χ0) is 9.26. The topological polar surface area (TPSA) is 17.1 Å². The highest BCUT2D eigenvalue weighted by Crippen LogP contribution is 2.41. The minimum Gasteiger partial charge on any atom is -0.300 e. The fourth-order valence-electron chi connectivity index (χ4n) is 2.72. The van der Waals surface area contributed by atoms with E-state index in [9.17, 15) is 4.79 Å². The number of carbonyl (C=O) groups is 1. The predicted molar refractivity (Wildman–Crippen MR) is 53.4 cm³/mol. The van der Waals surface area contributed by atoms with Crippen molar-refractivity contribution in [3.8, 4) is 0 Å². The van der Waals surface area contributed by atoms with Gasteiger partial charge in [-0.15, -0.1) is 0 Å². The van der Waals surface area contributed by atoms with Gasteiger partial charge in [0.25, 0.3) is 0 Å². The number of allylic oxidation sites excluding steroid dienone is 2. The van der Waals surface area contributed by atoms with Crippen molar-refractivity contribution in [1.29, 1.82) is 0 Å². The SMILES string of the molecule is CCC(=O)CC1CC2C=CC1CC2. The van der Waals surface area contributed by atoms with Crippen LogP contribution in [0.2, 0.25) is 0 Å². The van der Waals surface area contributed by atoms with E-state index in [1.807, 2.05) is 6.92 Å². The van der Waals surface area contributed by atoms with Crippen molar-refractivity contribution in [3.05, 3.63) is 12.2 Å². The molecule has 0 amide bonds. The Labute approximate surface area is 80.2 Å². The number of Topliss-reactive ketones (excluding diaryl/α,β-unsaturated/α-hetero) is 1. The molecule has 0 aromatic rings. The minimum atomic E-state index is 0.450. The van der Waals surface area contributed by atoms with Crippen LogP contribution in [0.15, 0.2) is 12.2 Å². The Morgan fingerprint density at radius 3 is 2.69 bits per heavy atom. The summed E-state index contributed by atoms with van der Waals surface area (Å²) in [7, 11) is 0. The van der Waals surface area contributed by atoms with E-state index in [-0.39, 0.29) is 0 Å². The first kappa shape index (κ1) is 8.98. The van der Waals surface area contributed by atoms with Gasteiger partial charge in [-0.25, -0.2) is 0 Å². The van der Waals surface area contributed by atoms with E-state index in [0.29, 0.717) is 11.7 Å². The normalized spacial score (nSPS) is 36.5. The highest BCUT2D eigenvalue weighted by atomic mass is 16.1. The maximum Gasteiger partial charge on any atom is 0.132 e. The number of ketones is 1. The molecule has 0 aromatic carbocycles. The van der Waals surface area contributed by atoms with Gasteiger partial charge in [0.1, 0.15) is 5.78 Å². The largest absolute Gasteiger partial charge is 0.300 e. The second kappa shape index (κ2) is 3.65. The number of hydrogen-bond acceptors (Lipinski definition) is 1. The third-order valence-corrected chi connectivity index (χ3v) is 3.60. The van der Waals surface area contributed by atoms with Gasteiger partial charge < -0.3 is 0 Å². The van der Waals surface area contributed by atoms with Gasteiger partial charge in [0, 0.05) is 12.8 Å². The number of rotatable bonds is 3. The molecule has 1 nitrogen and oxygen atoms in total. The lowest BCUT2D eigenvalue weighted by Crippen LogP contribution is -2.28. The van der Waals surface area contributed by atoms with Gasteiger partial charge in [0.05, 0.1) is 0 Å². The summed E-state index contributed by atoms with van der Waals surface area (Å²) in [6, 6.07) is 0. The maximum absolute atomic E-state index is 11.3. The van der Waals surface area contributed by atoms with Crippen molar-refractivity contribution in [2.45, 2.75) is 39.0 Å².